The summed E-state index contributed by atoms with van der Waals surface area (Å²) < 4.78 is 1.83. The maximum Gasteiger partial charge on any atom is 0.251 e. The molecule has 0 spiro atoms. The van der Waals surface area contributed by atoms with Gasteiger partial charge in [0.2, 0.25) is 0 Å². The van der Waals surface area contributed by atoms with Crippen LogP contribution in [-0.2, 0) is 0 Å². The average molecular weight is 356 g/mol. The molecule has 1 aliphatic rings. The van der Waals surface area contributed by atoms with Gasteiger partial charge in [0.25, 0.3) is 5.91 Å². The first-order valence-corrected chi connectivity index (χ1v) is 8.68. The molecule has 0 saturated carbocycles. The third-order valence-corrected chi connectivity index (χ3v) is 4.67. The zero-order valence-corrected chi connectivity index (χ0v) is 14.4. The lowest BCUT2D eigenvalue weighted by atomic mass is 10.0. The molecule has 0 bridgehead atoms. The van der Waals surface area contributed by atoms with Gasteiger partial charge in [0.15, 0.2) is 5.65 Å². The quantitative estimate of drug-likeness (QED) is 0.784. The Morgan fingerprint density at radius 1 is 1.24 bits per heavy atom. The van der Waals surface area contributed by atoms with Crippen LogP contribution in [0, 0.1) is 0 Å². The fourth-order valence-electron chi connectivity index (χ4n) is 3.26. The van der Waals surface area contributed by atoms with E-state index in [2.05, 4.69) is 20.3 Å². The minimum atomic E-state index is -0.0895. The first-order valence-electron chi connectivity index (χ1n) is 8.31. The molecule has 1 N–H and O–H groups in total. The van der Waals surface area contributed by atoms with Crippen molar-refractivity contribution in [3.8, 4) is 0 Å². The van der Waals surface area contributed by atoms with Crippen LogP contribution in [-0.4, -0.2) is 39.6 Å². The number of hydrogen-bond acceptors (Lipinski definition) is 4. The number of nitrogens with zero attached hydrogens (tertiary/aromatic N) is 4. The Hall–Kier alpha value is -2.60. The molecule has 1 atom stereocenters. The van der Waals surface area contributed by atoms with Crippen molar-refractivity contribution in [2.45, 2.75) is 18.9 Å². The molecule has 128 valence electrons. The van der Waals surface area contributed by atoms with Crippen molar-refractivity contribution in [1.82, 2.24) is 19.9 Å². The number of benzene rings is 1. The van der Waals surface area contributed by atoms with Gasteiger partial charge in [-0.1, -0.05) is 17.7 Å². The summed E-state index contributed by atoms with van der Waals surface area (Å²) in [6, 6.07) is 10.9. The van der Waals surface area contributed by atoms with Gasteiger partial charge in [-0.3, -0.25) is 4.79 Å². The van der Waals surface area contributed by atoms with Gasteiger partial charge in [-0.05, 0) is 37.1 Å². The highest BCUT2D eigenvalue weighted by Gasteiger charge is 2.23. The summed E-state index contributed by atoms with van der Waals surface area (Å²) in [5.41, 5.74) is 1.41. The molecule has 0 aliphatic carbocycles. The molecule has 4 rings (SSSR count). The van der Waals surface area contributed by atoms with Gasteiger partial charge in [-0.2, -0.15) is 9.61 Å². The van der Waals surface area contributed by atoms with E-state index in [1.165, 1.54) is 0 Å². The van der Waals surface area contributed by atoms with Crippen LogP contribution in [0.25, 0.3) is 5.65 Å². The molecule has 0 radical (unpaired) electrons. The molecule has 6 nitrogen and oxygen atoms in total. The molecule has 3 aromatic rings. The largest absolute Gasteiger partial charge is 0.354 e. The number of carbonyl (C=O) groups excluding carboxylic acids is 1. The third-order valence-electron chi connectivity index (χ3n) is 4.44. The molecule has 1 fully saturated rings. The van der Waals surface area contributed by atoms with E-state index in [9.17, 15) is 4.79 Å². The topological polar surface area (TPSA) is 62.5 Å². The average Bonchev–Trinajstić information content (AvgIpc) is 3.10. The molecule has 1 unspecified atom stereocenters. The van der Waals surface area contributed by atoms with Gasteiger partial charge in [0.05, 0.1) is 6.20 Å². The van der Waals surface area contributed by atoms with Crippen molar-refractivity contribution >= 4 is 29.0 Å². The molecule has 1 aliphatic heterocycles. The first-order chi connectivity index (χ1) is 12.2. The minimum absolute atomic E-state index is 0.0824. The van der Waals surface area contributed by atoms with Crippen LogP contribution in [0.4, 0.5) is 5.82 Å². The Labute approximate surface area is 150 Å². The van der Waals surface area contributed by atoms with E-state index in [0.717, 1.165) is 37.4 Å². The number of anilines is 1. The van der Waals surface area contributed by atoms with Gasteiger partial charge in [0, 0.05) is 42.0 Å². The normalized spacial score (nSPS) is 17.6. The maximum atomic E-state index is 12.5. The first kappa shape index (κ1) is 15.9. The Bertz CT molecular complexity index is 909. The molecule has 1 amide bonds. The van der Waals surface area contributed by atoms with Gasteiger partial charge in [-0.15, -0.1) is 0 Å². The Balaban J connectivity index is 1.49. The van der Waals surface area contributed by atoms with E-state index in [1.54, 1.807) is 36.7 Å². The Morgan fingerprint density at radius 2 is 2.16 bits per heavy atom. The molecule has 1 saturated heterocycles. The molecule has 25 heavy (non-hydrogen) atoms. The number of carbonyl (C=O) groups is 1. The van der Waals surface area contributed by atoms with Crippen molar-refractivity contribution in [3.05, 3.63) is 59.4 Å². The van der Waals surface area contributed by atoms with Gasteiger partial charge >= 0.3 is 0 Å². The third kappa shape index (κ3) is 3.30. The number of hydrogen-bond donors (Lipinski definition) is 1. The zero-order chi connectivity index (χ0) is 17.2. The molecule has 1 aromatic carbocycles. The van der Waals surface area contributed by atoms with Crippen LogP contribution in [0.5, 0.6) is 0 Å². The van der Waals surface area contributed by atoms with Crippen molar-refractivity contribution in [2.24, 2.45) is 0 Å². The second kappa shape index (κ2) is 6.72. The highest BCUT2D eigenvalue weighted by Crippen LogP contribution is 2.20. The summed E-state index contributed by atoms with van der Waals surface area (Å²) in [5.74, 6) is 0.907. The van der Waals surface area contributed by atoms with Gasteiger partial charge in [0.1, 0.15) is 5.82 Å². The van der Waals surface area contributed by atoms with E-state index >= 15 is 0 Å². The predicted molar refractivity (Wildman–Crippen MR) is 97.1 cm³/mol. The summed E-state index contributed by atoms with van der Waals surface area (Å²) in [7, 11) is 0. The number of rotatable bonds is 3. The lowest BCUT2D eigenvalue weighted by Gasteiger charge is -2.34. The lowest BCUT2D eigenvalue weighted by molar-refractivity contribution is 0.0933. The van der Waals surface area contributed by atoms with Crippen LogP contribution in [0.2, 0.25) is 5.02 Å². The smallest absolute Gasteiger partial charge is 0.251 e. The zero-order valence-electron chi connectivity index (χ0n) is 13.6. The van der Waals surface area contributed by atoms with Crippen LogP contribution in [0.3, 0.4) is 0 Å². The van der Waals surface area contributed by atoms with Crippen molar-refractivity contribution in [2.75, 3.05) is 18.0 Å². The van der Waals surface area contributed by atoms with Crippen molar-refractivity contribution < 1.29 is 4.79 Å². The van der Waals surface area contributed by atoms with E-state index in [4.69, 9.17) is 11.6 Å². The van der Waals surface area contributed by atoms with Crippen LogP contribution in [0.1, 0.15) is 23.2 Å². The molecular formula is C18H18ClN5O. The fourth-order valence-corrected chi connectivity index (χ4v) is 3.45. The van der Waals surface area contributed by atoms with Crippen LogP contribution < -0.4 is 10.2 Å². The number of nitrogens with one attached hydrogen (secondary N) is 1. The molecule has 7 heteroatoms. The number of halogens is 1. The molecule has 2 aromatic heterocycles. The highest BCUT2D eigenvalue weighted by atomic mass is 35.5. The number of aromatic nitrogens is 3. The molecule has 3 heterocycles. The van der Waals surface area contributed by atoms with Crippen LogP contribution >= 0.6 is 11.6 Å². The summed E-state index contributed by atoms with van der Waals surface area (Å²) >= 11 is 5.98. The number of fused-ring (bicyclic) bond motifs is 1. The van der Waals surface area contributed by atoms with E-state index in [0.29, 0.717) is 10.6 Å². The Kier molecular flexibility index (Phi) is 4.28. The predicted octanol–water partition coefficient (Wildman–Crippen LogP) is 2.78. The number of piperidine rings is 1. The van der Waals surface area contributed by atoms with Gasteiger partial charge < -0.3 is 10.2 Å². The van der Waals surface area contributed by atoms with Crippen molar-refractivity contribution in [3.63, 3.8) is 0 Å². The Morgan fingerprint density at radius 3 is 3.04 bits per heavy atom. The summed E-state index contributed by atoms with van der Waals surface area (Å²) in [5, 5.41) is 8.03. The van der Waals surface area contributed by atoms with E-state index in [1.807, 2.05) is 16.6 Å². The lowest BCUT2D eigenvalue weighted by Crippen LogP contribution is -2.48. The van der Waals surface area contributed by atoms with Crippen molar-refractivity contribution in [1.29, 1.82) is 0 Å². The second-order valence-electron chi connectivity index (χ2n) is 6.17. The number of amides is 1. The van der Waals surface area contributed by atoms with E-state index in [-0.39, 0.29) is 11.9 Å². The molecular weight excluding hydrogens is 338 g/mol. The standard InChI is InChI=1S/C18H18ClN5O/c19-14-4-1-3-13(11-14)18(25)22-15-5-2-10-23(12-15)17-7-8-20-16-6-9-21-24(16)17/h1,3-4,6-9,11,15H,2,5,10,12H2,(H,22,25). The second-order valence-corrected chi connectivity index (χ2v) is 6.61. The summed E-state index contributed by atoms with van der Waals surface area (Å²) in [6.45, 7) is 1.67. The SMILES string of the molecule is O=C(NC1CCCN(c2ccnc3ccnn23)C1)c1cccc(Cl)c1. The monoisotopic (exact) mass is 355 g/mol. The summed E-state index contributed by atoms with van der Waals surface area (Å²) in [6.07, 6.45) is 5.50. The minimum Gasteiger partial charge on any atom is -0.354 e. The van der Waals surface area contributed by atoms with E-state index < -0.39 is 0 Å². The summed E-state index contributed by atoms with van der Waals surface area (Å²) in [4.78, 5) is 19.0. The highest BCUT2D eigenvalue weighted by molar-refractivity contribution is 6.30. The van der Waals surface area contributed by atoms with Crippen LogP contribution in [0.15, 0.2) is 48.8 Å². The fraction of sp³-hybridized carbons (Fsp3) is 0.278. The maximum absolute atomic E-state index is 12.5. The van der Waals surface area contributed by atoms with Gasteiger partial charge in [-0.25, -0.2) is 4.98 Å².